The topological polar surface area (TPSA) is 59.6 Å². The van der Waals surface area contributed by atoms with Crippen LogP contribution in [-0.2, 0) is 4.74 Å². The third-order valence-corrected chi connectivity index (χ3v) is 5.47. The van der Waals surface area contributed by atoms with Crippen LogP contribution >= 0.6 is 11.6 Å². The Hall–Kier alpha value is -2.29. The average Bonchev–Trinajstić information content (AvgIpc) is 3.04. The van der Waals surface area contributed by atoms with Crippen LogP contribution in [0.5, 0.6) is 0 Å². The lowest BCUT2D eigenvalue weighted by atomic mass is 9.78. The van der Waals surface area contributed by atoms with Crippen molar-refractivity contribution in [2.75, 3.05) is 0 Å². The van der Waals surface area contributed by atoms with E-state index in [4.69, 9.17) is 22.8 Å². The summed E-state index contributed by atoms with van der Waals surface area (Å²) in [6, 6.07) is 7.47. The Bertz CT molecular complexity index is 897. The molecule has 1 fully saturated rings. The second-order valence-corrected chi connectivity index (χ2v) is 8.23. The maximum atomic E-state index is 10.2. The zero-order chi connectivity index (χ0) is 20.3. The molecule has 28 heavy (non-hydrogen) atoms. The van der Waals surface area contributed by atoms with Crippen LogP contribution in [0, 0.1) is 18.3 Å². The van der Waals surface area contributed by atoms with Gasteiger partial charge in [0.1, 0.15) is 6.10 Å². The summed E-state index contributed by atoms with van der Waals surface area (Å²) in [4.78, 5) is 4.27. The van der Waals surface area contributed by atoms with Crippen LogP contribution in [0.2, 0.25) is 5.02 Å². The van der Waals surface area contributed by atoms with E-state index in [0.29, 0.717) is 22.7 Å². The molecule has 0 radical (unpaired) electrons. The monoisotopic (exact) mass is 399 g/mol. The van der Waals surface area contributed by atoms with Crippen molar-refractivity contribution >= 4 is 17.5 Å². The molecular weight excluding hydrogens is 374 g/mol. The molecule has 2 aromatic rings. The Kier molecular flexibility index (Phi) is 6.12. The number of imidazole rings is 1. The van der Waals surface area contributed by atoms with E-state index in [2.05, 4.69) is 16.0 Å². The van der Waals surface area contributed by atoms with Gasteiger partial charge in [-0.2, -0.15) is 0 Å². The molecule has 0 bridgehead atoms. The van der Waals surface area contributed by atoms with Gasteiger partial charge in [0.2, 0.25) is 11.7 Å². The molecule has 6 heteroatoms. The van der Waals surface area contributed by atoms with Gasteiger partial charge in [-0.25, -0.2) is 9.66 Å². The third-order valence-electron chi connectivity index (χ3n) is 5.24. The standard InChI is InChI=1S/C22H26ClN3O2/c1-5-21-24-14-20(16-7-6-8-18(23)13-16)26(21)25-15(2)28-19-11-9-17(10-12-19)22(3,4)27/h1,6-8,13-14,17,19,27H,9-12H2,2-4H3/b25-15+. The van der Waals surface area contributed by atoms with Crippen molar-refractivity contribution in [3.8, 4) is 23.6 Å². The molecule has 3 rings (SSSR count). The highest BCUT2D eigenvalue weighted by Gasteiger charge is 2.32. The summed E-state index contributed by atoms with van der Waals surface area (Å²) in [6.45, 7) is 5.58. The van der Waals surface area contributed by atoms with Gasteiger partial charge in [-0.1, -0.05) is 23.7 Å². The molecule has 1 heterocycles. The van der Waals surface area contributed by atoms with Crippen LogP contribution in [0.1, 0.15) is 52.3 Å². The normalized spacial score (nSPS) is 20.6. The number of terminal acetylenes is 1. The Morgan fingerprint density at radius 2 is 2.07 bits per heavy atom. The van der Waals surface area contributed by atoms with Crippen LogP contribution in [0.3, 0.4) is 0 Å². The minimum atomic E-state index is -0.640. The van der Waals surface area contributed by atoms with Crippen molar-refractivity contribution in [3.63, 3.8) is 0 Å². The van der Waals surface area contributed by atoms with Crippen LogP contribution in [0.4, 0.5) is 0 Å². The predicted octanol–water partition coefficient (Wildman–Crippen LogP) is 4.71. The van der Waals surface area contributed by atoms with Crippen molar-refractivity contribution in [1.29, 1.82) is 0 Å². The first kappa shape index (κ1) is 20.4. The molecule has 1 aromatic heterocycles. The number of hydrogen-bond donors (Lipinski definition) is 1. The van der Waals surface area contributed by atoms with E-state index in [9.17, 15) is 5.11 Å². The summed E-state index contributed by atoms with van der Waals surface area (Å²) in [5.74, 6) is 3.80. The summed E-state index contributed by atoms with van der Waals surface area (Å²) in [7, 11) is 0. The molecule has 1 aromatic carbocycles. The summed E-state index contributed by atoms with van der Waals surface area (Å²) in [5, 5.41) is 15.4. The van der Waals surface area contributed by atoms with E-state index in [-0.39, 0.29) is 6.10 Å². The zero-order valence-electron chi connectivity index (χ0n) is 16.5. The lowest BCUT2D eigenvalue weighted by Gasteiger charge is -2.35. The van der Waals surface area contributed by atoms with E-state index in [0.717, 1.165) is 36.9 Å². The zero-order valence-corrected chi connectivity index (χ0v) is 17.3. The second-order valence-electron chi connectivity index (χ2n) is 7.80. The summed E-state index contributed by atoms with van der Waals surface area (Å²) < 4.78 is 7.68. The van der Waals surface area contributed by atoms with E-state index in [1.54, 1.807) is 10.9 Å². The van der Waals surface area contributed by atoms with Crippen LogP contribution in [0.15, 0.2) is 35.6 Å². The fourth-order valence-corrected chi connectivity index (χ4v) is 3.87. The Morgan fingerprint density at radius 1 is 1.36 bits per heavy atom. The Balaban J connectivity index is 1.76. The summed E-state index contributed by atoms with van der Waals surface area (Å²) in [6.07, 6.45) is 11.0. The molecule has 148 valence electrons. The van der Waals surface area contributed by atoms with Crippen molar-refractivity contribution in [3.05, 3.63) is 41.3 Å². The highest BCUT2D eigenvalue weighted by atomic mass is 35.5. The summed E-state index contributed by atoms with van der Waals surface area (Å²) >= 11 is 6.12. The van der Waals surface area contributed by atoms with E-state index in [1.165, 1.54) is 0 Å². The molecule has 5 nitrogen and oxygen atoms in total. The highest BCUT2D eigenvalue weighted by molar-refractivity contribution is 6.30. The van der Waals surface area contributed by atoms with E-state index < -0.39 is 5.60 Å². The smallest absolute Gasteiger partial charge is 0.206 e. The van der Waals surface area contributed by atoms with Gasteiger partial charge >= 0.3 is 0 Å². The first-order valence-electron chi connectivity index (χ1n) is 9.53. The van der Waals surface area contributed by atoms with Crippen molar-refractivity contribution in [1.82, 2.24) is 9.66 Å². The molecule has 1 aliphatic carbocycles. The molecular formula is C22H26ClN3O2. The third kappa shape index (κ3) is 4.76. The maximum Gasteiger partial charge on any atom is 0.206 e. The van der Waals surface area contributed by atoms with Crippen LogP contribution in [0.25, 0.3) is 11.3 Å². The number of rotatable bonds is 4. The van der Waals surface area contributed by atoms with Gasteiger partial charge in [0.25, 0.3) is 0 Å². The highest BCUT2D eigenvalue weighted by Crippen LogP contribution is 2.33. The largest absolute Gasteiger partial charge is 0.477 e. The minimum absolute atomic E-state index is 0.0924. The molecule has 0 atom stereocenters. The van der Waals surface area contributed by atoms with Gasteiger partial charge in [0, 0.05) is 17.5 Å². The fourth-order valence-electron chi connectivity index (χ4n) is 3.68. The maximum absolute atomic E-state index is 10.2. The Morgan fingerprint density at radius 3 is 2.68 bits per heavy atom. The molecule has 1 aliphatic rings. The molecule has 1 saturated carbocycles. The molecule has 0 spiro atoms. The molecule has 1 N–H and O–H groups in total. The van der Waals surface area contributed by atoms with Gasteiger partial charge in [0.05, 0.1) is 17.5 Å². The average molecular weight is 400 g/mol. The van der Waals surface area contributed by atoms with Crippen LogP contribution < -0.4 is 0 Å². The SMILES string of the molecule is C#Cc1ncc(-c2cccc(Cl)c2)n1/N=C(\C)OC1CCC(C(C)(C)O)CC1. The van der Waals surface area contributed by atoms with Gasteiger partial charge in [-0.05, 0) is 63.5 Å². The first-order valence-corrected chi connectivity index (χ1v) is 9.90. The number of benzene rings is 1. The minimum Gasteiger partial charge on any atom is -0.477 e. The number of aromatic nitrogens is 2. The lowest BCUT2D eigenvalue weighted by Crippen LogP contribution is -2.36. The molecule has 0 amide bonds. The van der Waals surface area contributed by atoms with E-state index in [1.807, 2.05) is 45.0 Å². The van der Waals surface area contributed by atoms with Crippen molar-refractivity contribution in [2.24, 2.45) is 11.0 Å². The fraction of sp³-hybridized carbons (Fsp3) is 0.455. The Labute approximate surface area is 171 Å². The molecule has 0 unspecified atom stereocenters. The summed E-state index contributed by atoms with van der Waals surface area (Å²) in [5.41, 5.74) is 0.992. The molecule has 0 saturated heterocycles. The second kappa shape index (κ2) is 8.38. The first-order chi connectivity index (χ1) is 13.3. The van der Waals surface area contributed by atoms with Gasteiger partial charge in [0.15, 0.2) is 0 Å². The van der Waals surface area contributed by atoms with Crippen molar-refractivity contribution < 1.29 is 9.84 Å². The number of hydrogen-bond acceptors (Lipinski definition) is 4. The van der Waals surface area contributed by atoms with Crippen molar-refractivity contribution in [2.45, 2.75) is 58.2 Å². The predicted molar refractivity (Wildman–Crippen MR) is 112 cm³/mol. The number of aliphatic hydroxyl groups is 1. The lowest BCUT2D eigenvalue weighted by molar-refractivity contribution is -0.0169. The van der Waals surface area contributed by atoms with Gasteiger partial charge in [-0.15, -0.1) is 11.5 Å². The number of nitrogens with zero attached hydrogens (tertiary/aromatic N) is 3. The van der Waals surface area contributed by atoms with Gasteiger partial charge in [-0.3, -0.25) is 0 Å². The quantitative estimate of drug-likeness (QED) is 0.460. The van der Waals surface area contributed by atoms with Gasteiger partial charge < -0.3 is 9.84 Å². The number of ether oxygens (including phenoxy) is 1. The van der Waals surface area contributed by atoms with E-state index >= 15 is 0 Å². The molecule has 0 aliphatic heterocycles. The number of halogens is 1. The van der Waals surface area contributed by atoms with Crippen LogP contribution in [-0.4, -0.2) is 32.4 Å².